The number of carbonyl (C=O) groups excluding carboxylic acids is 2. The lowest BCUT2D eigenvalue weighted by atomic mass is 9.88. The average Bonchev–Trinajstić information content (AvgIpc) is 2.75. The van der Waals surface area contributed by atoms with E-state index in [2.05, 4.69) is 12.2 Å². The Morgan fingerprint density at radius 3 is 2.90 bits per heavy atom. The van der Waals surface area contributed by atoms with Crippen molar-refractivity contribution < 1.29 is 14.3 Å². The van der Waals surface area contributed by atoms with Crippen molar-refractivity contribution in [2.24, 2.45) is 11.7 Å². The van der Waals surface area contributed by atoms with Crippen LogP contribution in [-0.4, -0.2) is 18.6 Å². The van der Waals surface area contributed by atoms with E-state index >= 15 is 0 Å². The fourth-order valence-electron chi connectivity index (χ4n) is 2.54. The molecule has 0 radical (unpaired) electrons. The minimum absolute atomic E-state index is 0.385. The number of rotatable bonds is 5. The van der Waals surface area contributed by atoms with Gasteiger partial charge in [0.05, 0.1) is 12.2 Å². The van der Waals surface area contributed by atoms with Crippen molar-refractivity contribution >= 4 is 28.3 Å². The average molecular weight is 310 g/mol. The van der Waals surface area contributed by atoms with Gasteiger partial charge in [-0.1, -0.05) is 20.3 Å². The van der Waals surface area contributed by atoms with E-state index in [1.54, 1.807) is 0 Å². The van der Waals surface area contributed by atoms with Crippen molar-refractivity contribution in [1.29, 1.82) is 0 Å². The molecule has 0 saturated heterocycles. The van der Waals surface area contributed by atoms with Gasteiger partial charge in [0.1, 0.15) is 5.00 Å². The van der Waals surface area contributed by atoms with Crippen LogP contribution in [0.5, 0.6) is 0 Å². The van der Waals surface area contributed by atoms with Gasteiger partial charge < -0.3 is 10.5 Å². The van der Waals surface area contributed by atoms with E-state index in [-0.39, 0.29) is 0 Å². The molecule has 1 heterocycles. The Balaban J connectivity index is 2.15. The fraction of sp³-hybridized carbons (Fsp3) is 0.600. The van der Waals surface area contributed by atoms with Gasteiger partial charge in [-0.2, -0.15) is 0 Å². The molecule has 0 fully saturated rings. The molecule has 0 bridgehead atoms. The summed E-state index contributed by atoms with van der Waals surface area (Å²) in [5.74, 6) is 0.118. The van der Waals surface area contributed by atoms with E-state index in [1.807, 2.05) is 6.92 Å². The summed E-state index contributed by atoms with van der Waals surface area (Å²) < 4.78 is 5.08. The van der Waals surface area contributed by atoms with Crippen molar-refractivity contribution in [2.45, 2.75) is 46.0 Å². The second kappa shape index (κ2) is 6.93. The second-order valence-electron chi connectivity index (χ2n) is 5.53. The first-order valence-electron chi connectivity index (χ1n) is 7.41. The third-order valence-electron chi connectivity index (χ3n) is 3.70. The third kappa shape index (κ3) is 3.75. The zero-order valence-corrected chi connectivity index (χ0v) is 13.3. The van der Waals surface area contributed by atoms with Gasteiger partial charge in [0.2, 0.25) is 0 Å². The number of ether oxygens (including phenoxy) is 1. The van der Waals surface area contributed by atoms with Gasteiger partial charge >= 0.3 is 6.09 Å². The molecule has 1 aromatic rings. The number of amides is 2. The van der Waals surface area contributed by atoms with E-state index in [1.165, 1.54) is 11.3 Å². The van der Waals surface area contributed by atoms with Crippen LogP contribution in [-0.2, 0) is 17.6 Å². The van der Waals surface area contributed by atoms with E-state index in [0.29, 0.717) is 23.1 Å². The van der Waals surface area contributed by atoms with E-state index in [4.69, 9.17) is 10.5 Å². The molecule has 1 aliphatic carbocycles. The maximum atomic E-state index is 11.8. The predicted octanol–water partition coefficient (Wildman–Crippen LogP) is 3.32. The first-order valence-corrected chi connectivity index (χ1v) is 8.22. The summed E-state index contributed by atoms with van der Waals surface area (Å²) >= 11 is 1.45. The van der Waals surface area contributed by atoms with Crippen LogP contribution in [0.15, 0.2) is 0 Å². The van der Waals surface area contributed by atoms with Crippen LogP contribution in [0.4, 0.5) is 9.80 Å². The van der Waals surface area contributed by atoms with E-state index < -0.39 is 12.0 Å². The standard InChI is InChI=1S/C15H22N2O3S/c1-3-4-7-20-15(19)17-14-12(13(16)18)10-6-5-9(2)8-11(10)21-14/h9H,3-8H2,1-2H3,(H2,16,18)(H,17,19). The van der Waals surface area contributed by atoms with Crippen LogP contribution in [0.2, 0.25) is 0 Å². The molecular weight excluding hydrogens is 288 g/mol. The molecular formula is C15H22N2O3S. The Morgan fingerprint density at radius 2 is 2.24 bits per heavy atom. The highest BCUT2D eigenvalue weighted by Crippen LogP contribution is 2.39. The number of anilines is 1. The highest BCUT2D eigenvalue weighted by atomic mass is 32.1. The van der Waals surface area contributed by atoms with Crippen molar-refractivity contribution in [3.63, 3.8) is 0 Å². The van der Waals surface area contributed by atoms with Gasteiger partial charge in [-0.25, -0.2) is 4.79 Å². The number of nitrogens with one attached hydrogen (secondary N) is 1. The highest BCUT2D eigenvalue weighted by Gasteiger charge is 2.27. The molecule has 0 aliphatic heterocycles. The molecule has 2 rings (SSSR count). The lowest BCUT2D eigenvalue weighted by Crippen LogP contribution is -2.20. The van der Waals surface area contributed by atoms with Crippen molar-refractivity contribution in [1.82, 2.24) is 0 Å². The second-order valence-corrected chi connectivity index (χ2v) is 6.64. The van der Waals surface area contributed by atoms with Crippen LogP contribution in [0.3, 0.4) is 0 Å². The molecule has 116 valence electrons. The summed E-state index contributed by atoms with van der Waals surface area (Å²) in [7, 11) is 0. The number of carbonyl (C=O) groups is 2. The van der Waals surface area contributed by atoms with Crippen LogP contribution in [0.1, 0.15) is 53.9 Å². The Morgan fingerprint density at radius 1 is 1.48 bits per heavy atom. The summed E-state index contributed by atoms with van der Waals surface area (Å²) in [6, 6.07) is 0. The first kappa shape index (κ1) is 15.8. The molecule has 0 aromatic carbocycles. The molecule has 3 N–H and O–H groups in total. The summed E-state index contributed by atoms with van der Waals surface area (Å²) in [6.45, 7) is 4.61. The van der Waals surface area contributed by atoms with Gasteiger partial charge in [-0.05, 0) is 37.2 Å². The van der Waals surface area contributed by atoms with Crippen LogP contribution >= 0.6 is 11.3 Å². The quantitative estimate of drug-likeness (QED) is 0.819. The lowest BCUT2D eigenvalue weighted by molar-refractivity contribution is 0.100. The first-order chi connectivity index (χ1) is 10.0. The lowest BCUT2D eigenvalue weighted by Gasteiger charge is -2.18. The van der Waals surface area contributed by atoms with Crippen molar-refractivity contribution in [3.8, 4) is 0 Å². The number of fused-ring (bicyclic) bond motifs is 1. The summed E-state index contributed by atoms with van der Waals surface area (Å²) in [4.78, 5) is 24.6. The molecule has 1 aliphatic rings. The van der Waals surface area contributed by atoms with E-state index in [0.717, 1.165) is 42.5 Å². The van der Waals surface area contributed by atoms with Crippen LogP contribution in [0, 0.1) is 5.92 Å². The molecule has 6 heteroatoms. The van der Waals surface area contributed by atoms with E-state index in [9.17, 15) is 9.59 Å². The third-order valence-corrected chi connectivity index (χ3v) is 4.87. The zero-order valence-electron chi connectivity index (χ0n) is 12.5. The fourth-order valence-corrected chi connectivity index (χ4v) is 3.94. The molecule has 0 spiro atoms. The van der Waals surface area contributed by atoms with Crippen molar-refractivity contribution in [3.05, 3.63) is 16.0 Å². The van der Waals surface area contributed by atoms with Gasteiger partial charge in [0.15, 0.2) is 0 Å². The smallest absolute Gasteiger partial charge is 0.412 e. The molecule has 0 saturated carbocycles. The molecule has 1 unspecified atom stereocenters. The van der Waals surface area contributed by atoms with Gasteiger partial charge in [-0.3, -0.25) is 10.1 Å². The Bertz CT molecular complexity index is 539. The normalized spacial score (nSPS) is 17.1. The Hall–Kier alpha value is -1.56. The monoisotopic (exact) mass is 310 g/mol. The summed E-state index contributed by atoms with van der Waals surface area (Å²) in [5.41, 5.74) is 6.97. The largest absolute Gasteiger partial charge is 0.449 e. The number of primary amides is 1. The predicted molar refractivity (Wildman–Crippen MR) is 83.9 cm³/mol. The molecule has 5 nitrogen and oxygen atoms in total. The van der Waals surface area contributed by atoms with Crippen LogP contribution in [0.25, 0.3) is 0 Å². The van der Waals surface area contributed by atoms with Crippen molar-refractivity contribution in [2.75, 3.05) is 11.9 Å². The molecule has 2 amide bonds. The minimum Gasteiger partial charge on any atom is -0.449 e. The molecule has 21 heavy (non-hydrogen) atoms. The number of nitrogens with two attached hydrogens (primary N) is 1. The summed E-state index contributed by atoms with van der Waals surface area (Å²) in [6.07, 6.45) is 4.10. The van der Waals surface area contributed by atoms with Gasteiger partial charge in [-0.15, -0.1) is 11.3 Å². The van der Waals surface area contributed by atoms with Gasteiger partial charge in [0, 0.05) is 4.88 Å². The highest BCUT2D eigenvalue weighted by molar-refractivity contribution is 7.17. The Labute approximate surface area is 128 Å². The summed E-state index contributed by atoms with van der Waals surface area (Å²) in [5, 5.41) is 3.21. The SMILES string of the molecule is CCCCOC(=O)Nc1sc2c(c1C(N)=O)CCC(C)C2. The minimum atomic E-state index is -0.516. The van der Waals surface area contributed by atoms with Gasteiger partial charge in [0.25, 0.3) is 5.91 Å². The maximum Gasteiger partial charge on any atom is 0.412 e. The number of unbranched alkanes of at least 4 members (excludes halogenated alkanes) is 1. The number of thiophene rings is 1. The zero-order chi connectivity index (χ0) is 15.4. The topological polar surface area (TPSA) is 81.4 Å². The Kier molecular flexibility index (Phi) is 5.22. The number of hydrogen-bond acceptors (Lipinski definition) is 4. The number of hydrogen-bond donors (Lipinski definition) is 2. The molecule has 1 atom stereocenters. The molecule has 1 aromatic heterocycles. The maximum absolute atomic E-state index is 11.8. The van der Waals surface area contributed by atoms with Crippen LogP contribution < -0.4 is 11.1 Å².